The molecule has 162 valence electrons. The first-order chi connectivity index (χ1) is 15.2. The fourth-order valence-corrected chi connectivity index (χ4v) is 4.61. The number of carbonyl (C=O) groups is 1. The summed E-state index contributed by atoms with van der Waals surface area (Å²) < 4.78 is 1.81. The molecule has 0 aliphatic carbocycles. The first-order valence-corrected chi connectivity index (χ1v) is 11.3. The molecule has 2 aliphatic rings. The van der Waals surface area contributed by atoms with Crippen LogP contribution in [0.2, 0.25) is 0 Å². The molecule has 0 radical (unpaired) electrons. The Hall–Kier alpha value is -3.00. The van der Waals surface area contributed by atoms with Crippen molar-refractivity contribution in [3.8, 4) is 11.4 Å². The monoisotopic (exact) mass is 419 g/mol. The minimum atomic E-state index is 0.128. The van der Waals surface area contributed by atoms with Gasteiger partial charge in [0.25, 0.3) is 0 Å². The molecule has 8 heteroatoms. The highest BCUT2D eigenvalue weighted by atomic mass is 16.2. The van der Waals surface area contributed by atoms with Gasteiger partial charge in [-0.1, -0.05) is 37.3 Å². The zero-order valence-electron chi connectivity index (χ0n) is 18.0. The van der Waals surface area contributed by atoms with Crippen LogP contribution >= 0.6 is 0 Å². The molecule has 5 rings (SSSR count). The smallest absolute Gasteiger partial charge is 0.225 e. The third-order valence-electron chi connectivity index (χ3n) is 6.58. The Bertz CT molecular complexity index is 1030. The molecule has 0 atom stereocenters. The highest BCUT2D eigenvalue weighted by Crippen LogP contribution is 2.25. The maximum atomic E-state index is 13.0. The number of nitrogens with zero attached hydrogens (tertiary/aromatic N) is 7. The number of aromatic nitrogens is 4. The lowest BCUT2D eigenvalue weighted by Gasteiger charge is -2.38. The van der Waals surface area contributed by atoms with Crippen LogP contribution in [0.3, 0.4) is 0 Å². The number of likely N-dealkylation sites (N-methyl/N-ethyl adjacent to an activating group) is 1. The quantitative estimate of drug-likeness (QED) is 0.646. The van der Waals surface area contributed by atoms with E-state index in [1.54, 1.807) is 0 Å². The molecule has 31 heavy (non-hydrogen) atoms. The molecule has 4 heterocycles. The van der Waals surface area contributed by atoms with Gasteiger partial charge in [-0.15, -0.1) is 15.3 Å². The van der Waals surface area contributed by atoms with Gasteiger partial charge in [-0.05, 0) is 31.5 Å². The van der Waals surface area contributed by atoms with Crippen molar-refractivity contribution in [2.24, 2.45) is 5.92 Å². The Morgan fingerprint density at radius 2 is 1.68 bits per heavy atom. The van der Waals surface area contributed by atoms with Crippen molar-refractivity contribution in [1.29, 1.82) is 0 Å². The van der Waals surface area contributed by atoms with Crippen LogP contribution in [0.5, 0.6) is 0 Å². The second-order valence-corrected chi connectivity index (χ2v) is 8.37. The van der Waals surface area contributed by atoms with E-state index in [2.05, 4.69) is 31.8 Å². The van der Waals surface area contributed by atoms with E-state index in [0.717, 1.165) is 81.5 Å². The molecule has 1 amide bonds. The first-order valence-electron chi connectivity index (χ1n) is 11.3. The summed E-state index contributed by atoms with van der Waals surface area (Å²) in [5.74, 6) is 2.12. The third-order valence-corrected chi connectivity index (χ3v) is 6.58. The number of carbonyl (C=O) groups excluding carboxylic acids is 1. The number of hydrogen-bond donors (Lipinski definition) is 0. The van der Waals surface area contributed by atoms with Gasteiger partial charge in [-0.25, -0.2) is 0 Å². The SMILES string of the molecule is CCN1CCN(C(=O)C2CCN(c3ccc4nnc(-c5ccccc5)n4n3)CC2)CC1. The van der Waals surface area contributed by atoms with Gasteiger partial charge in [0.15, 0.2) is 11.5 Å². The number of benzene rings is 1. The molecule has 2 saturated heterocycles. The summed E-state index contributed by atoms with van der Waals surface area (Å²) in [4.78, 5) is 19.7. The van der Waals surface area contributed by atoms with E-state index in [0.29, 0.717) is 5.91 Å². The Kier molecular flexibility index (Phi) is 5.55. The fraction of sp³-hybridized carbons (Fsp3) is 0.478. The van der Waals surface area contributed by atoms with Gasteiger partial charge in [0.1, 0.15) is 5.82 Å². The van der Waals surface area contributed by atoms with E-state index >= 15 is 0 Å². The zero-order valence-corrected chi connectivity index (χ0v) is 18.0. The standard InChI is InChI=1S/C23H29N7O/c1-2-27-14-16-29(17-15-27)23(31)19-10-12-28(13-11-19)21-9-8-20-24-25-22(30(20)26-21)18-6-4-3-5-7-18/h3-9,19H,2,10-17H2,1H3. The average molecular weight is 420 g/mol. The first kappa shape index (κ1) is 19.9. The van der Waals surface area contributed by atoms with Crippen molar-refractivity contribution in [2.45, 2.75) is 19.8 Å². The summed E-state index contributed by atoms with van der Waals surface area (Å²) in [6.07, 6.45) is 1.75. The van der Waals surface area contributed by atoms with Crippen molar-refractivity contribution in [3.05, 3.63) is 42.5 Å². The van der Waals surface area contributed by atoms with Gasteiger partial charge in [-0.3, -0.25) is 4.79 Å². The Morgan fingerprint density at radius 1 is 0.935 bits per heavy atom. The Morgan fingerprint density at radius 3 is 2.39 bits per heavy atom. The molecule has 2 aliphatic heterocycles. The number of piperidine rings is 1. The minimum Gasteiger partial charge on any atom is -0.355 e. The lowest BCUT2D eigenvalue weighted by Crippen LogP contribution is -2.51. The maximum Gasteiger partial charge on any atom is 0.225 e. The molecule has 2 fully saturated rings. The summed E-state index contributed by atoms with van der Waals surface area (Å²) in [5.41, 5.74) is 1.73. The molecular weight excluding hydrogens is 390 g/mol. The van der Waals surface area contributed by atoms with E-state index in [1.165, 1.54) is 0 Å². The zero-order chi connectivity index (χ0) is 21.2. The van der Waals surface area contributed by atoms with Crippen LogP contribution in [0, 0.1) is 5.92 Å². The highest BCUT2D eigenvalue weighted by Gasteiger charge is 2.30. The molecule has 0 bridgehead atoms. The normalized spacial score (nSPS) is 18.6. The summed E-state index contributed by atoms with van der Waals surface area (Å²) in [6, 6.07) is 14.0. The molecular formula is C23H29N7O. The highest BCUT2D eigenvalue weighted by molar-refractivity contribution is 5.79. The van der Waals surface area contributed by atoms with E-state index < -0.39 is 0 Å². The van der Waals surface area contributed by atoms with Crippen LogP contribution in [0.1, 0.15) is 19.8 Å². The van der Waals surface area contributed by atoms with Crippen molar-refractivity contribution in [1.82, 2.24) is 29.6 Å². The predicted molar refractivity (Wildman–Crippen MR) is 120 cm³/mol. The minimum absolute atomic E-state index is 0.128. The van der Waals surface area contributed by atoms with E-state index in [9.17, 15) is 4.79 Å². The van der Waals surface area contributed by atoms with E-state index in [4.69, 9.17) is 5.10 Å². The number of amides is 1. The molecule has 1 aromatic carbocycles. The molecule has 0 unspecified atom stereocenters. The number of piperazine rings is 1. The average Bonchev–Trinajstić information content (AvgIpc) is 3.27. The Balaban J connectivity index is 1.26. The van der Waals surface area contributed by atoms with E-state index in [-0.39, 0.29) is 5.92 Å². The molecule has 3 aromatic rings. The van der Waals surface area contributed by atoms with Gasteiger partial charge in [0.05, 0.1) is 0 Å². The van der Waals surface area contributed by atoms with Gasteiger partial charge in [-0.2, -0.15) is 4.52 Å². The van der Waals surface area contributed by atoms with E-state index in [1.807, 2.05) is 47.0 Å². The van der Waals surface area contributed by atoms with Crippen LogP contribution < -0.4 is 4.90 Å². The fourth-order valence-electron chi connectivity index (χ4n) is 4.61. The number of anilines is 1. The largest absolute Gasteiger partial charge is 0.355 e. The third kappa shape index (κ3) is 3.99. The molecule has 0 N–H and O–H groups in total. The summed E-state index contributed by atoms with van der Waals surface area (Å²) in [7, 11) is 0. The number of hydrogen-bond acceptors (Lipinski definition) is 6. The van der Waals surface area contributed by atoms with Gasteiger partial charge in [0, 0.05) is 50.7 Å². The topological polar surface area (TPSA) is 69.9 Å². The number of fused-ring (bicyclic) bond motifs is 1. The molecule has 0 spiro atoms. The predicted octanol–water partition coefficient (Wildman–Crippen LogP) is 2.17. The van der Waals surface area contributed by atoms with Gasteiger partial charge in [0.2, 0.25) is 5.91 Å². The summed E-state index contributed by atoms with van der Waals surface area (Å²) >= 11 is 0. The van der Waals surface area contributed by atoms with Crippen molar-refractivity contribution in [2.75, 3.05) is 50.7 Å². The summed E-state index contributed by atoms with van der Waals surface area (Å²) in [5, 5.41) is 13.4. The van der Waals surface area contributed by atoms with Crippen LogP contribution in [-0.4, -0.2) is 81.3 Å². The van der Waals surface area contributed by atoms with Crippen LogP contribution in [0.4, 0.5) is 5.82 Å². The lowest BCUT2D eigenvalue weighted by molar-refractivity contribution is -0.137. The van der Waals surface area contributed by atoms with Crippen molar-refractivity contribution < 1.29 is 4.79 Å². The van der Waals surface area contributed by atoms with Gasteiger partial charge >= 0.3 is 0 Å². The van der Waals surface area contributed by atoms with Crippen molar-refractivity contribution in [3.63, 3.8) is 0 Å². The second-order valence-electron chi connectivity index (χ2n) is 8.37. The van der Waals surface area contributed by atoms with Crippen molar-refractivity contribution >= 4 is 17.4 Å². The second kappa shape index (κ2) is 8.63. The Labute approximate surface area is 182 Å². The van der Waals surface area contributed by atoms with Crippen LogP contribution in [0.25, 0.3) is 17.0 Å². The molecule has 8 nitrogen and oxygen atoms in total. The van der Waals surface area contributed by atoms with Gasteiger partial charge < -0.3 is 14.7 Å². The number of rotatable bonds is 4. The molecule has 0 saturated carbocycles. The lowest BCUT2D eigenvalue weighted by atomic mass is 9.95. The summed E-state index contributed by atoms with van der Waals surface area (Å²) in [6.45, 7) is 8.64. The van der Waals surface area contributed by atoms with Crippen LogP contribution in [0.15, 0.2) is 42.5 Å². The molecule has 2 aromatic heterocycles. The van der Waals surface area contributed by atoms with Crippen LogP contribution in [-0.2, 0) is 4.79 Å². The maximum absolute atomic E-state index is 13.0.